The van der Waals surface area contributed by atoms with Gasteiger partial charge in [-0.15, -0.1) is 0 Å². The molecule has 1 aliphatic rings. The molecule has 1 aliphatic heterocycles. The van der Waals surface area contributed by atoms with Gasteiger partial charge in [-0.2, -0.15) is 0 Å². The van der Waals surface area contributed by atoms with Gasteiger partial charge in [0, 0.05) is 41.9 Å². The van der Waals surface area contributed by atoms with Crippen LogP contribution in [0.5, 0.6) is 0 Å². The average molecular weight is 328 g/mol. The van der Waals surface area contributed by atoms with E-state index in [0.29, 0.717) is 4.99 Å². The van der Waals surface area contributed by atoms with Gasteiger partial charge in [0.25, 0.3) is 0 Å². The van der Waals surface area contributed by atoms with Crippen molar-refractivity contribution in [3.8, 4) is 0 Å². The van der Waals surface area contributed by atoms with Gasteiger partial charge in [-0.1, -0.05) is 19.1 Å². The van der Waals surface area contributed by atoms with Gasteiger partial charge in [0.1, 0.15) is 4.99 Å². The molecule has 0 spiro atoms. The number of thiocarbonyl (C=S) groups is 1. The first-order valence-corrected chi connectivity index (χ1v) is 7.38. The van der Waals surface area contributed by atoms with Gasteiger partial charge in [0.15, 0.2) is 0 Å². The summed E-state index contributed by atoms with van der Waals surface area (Å²) >= 11 is 8.54. The fourth-order valence-corrected chi connectivity index (χ4v) is 3.11. The number of rotatable bonds is 3. The van der Waals surface area contributed by atoms with Crippen LogP contribution in [0.1, 0.15) is 12.5 Å². The van der Waals surface area contributed by atoms with Crippen LogP contribution in [0.2, 0.25) is 0 Å². The Bertz CT molecular complexity index is 442. The Morgan fingerprint density at radius 3 is 2.50 bits per heavy atom. The lowest BCUT2D eigenvalue weighted by molar-refractivity contribution is 0.271. The largest absolute Gasteiger partial charge is 0.389 e. The van der Waals surface area contributed by atoms with E-state index in [1.54, 1.807) is 0 Å². The van der Waals surface area contributed by atoms with Crippen molar-refractivity contribution in [1.82, 2.24) is 4.90 Å². The van der Waals surface area contributed by atoms with Crippen molar-refractivity contribution in [1.29, 1.82) is 0 Å². The van der Waals surface area contributed by atoms with E-state index in [0.717, 1.165) is 42.8 Å². The molecule has 1 heterocycles. The summed E-state index contributed by atoms with van der Waals surface area (Å²) in [7, 11) is 0. The molecule has 0 radical (unpaired) electrons. The predicted molar refractivity (Wildman–Crippen MR) is 84.4 cm³/mol. The third kappa shape index (κ3) is 3.02. The number of halogens is 1. The van der Waals surface area contributed by atoms with Gasteiger partial charge in [-0.05, 0) is 40.7 Å². The molecule has 0 unspecified atom stereocenters. The molecular formula is C13H18BrN3S. The Balaban J connectivity index is 2.11. The maximum atomic E-state index is 5.66. The minimum atomic E-state index is 0.434. The van der Waals surface area contributed by atoms with Crippen molar-refractivity contribution in [3.63, 3.8) is 0 Å². The van der Waals surface area contributed by atoms with Crippen LogP contribution in [0.15, 0.2) is 22.7 Å². The van der Waals surface area contributed by atoms with Crippen molar-refractivity contribution < 1.29 is 0 Å². The second-order valence-corrected chi connectivity index (χ2v) is 5.74. The van der Waals surface area contributed by atoms with Crippen LogP contribution in [0.25, 0.3) is 0 Å². The second-order valence-electron chi connectivity index (χ2n) is 4.45. The third-order valence-electron chi connectivity index (χ3n) is 3.40. The molecule has 3 nitrogen and oxygen atoms in total. The molecule has 1 aromatic carbocycles. The number of hydrogen-bond acceptors (Lipinski definition) is 3. The number of likely N-dealkylation sites (N-methyl/N-ethyl adjacent to an activating group) is 1. The smallest absolute Gasteiger partial charge is 0.105 e. The van der Waals surface area contributed by atoms with E-state index >= 15 is 0 Å². The van der Waals surface area contributed by atoms with Gasteiger partial charge in [0.05, 0.1) is 0 Å². The molecule has 0 atom stereocenters. The van der Waals surface area contributed by atoms with Gasteiger partial charge in [-0.3, -0.25) is 0 Å². The van der Waals surface area contributed by atoms with Crippen LogP contribution < -0.4 is 10.6 Å². The van der Waals surface area contributed by atoms with Crippen molar-refractivity contribution in [3.05, 3.63) is 28.2 Å². The molecule has 0 saturated carbocycles. The summed E-state index contributed by atoms with van der Waals surface area (Å²) < 4.78 is 0.977. The summed E-state index contributed by atoms with van der Waals surface area (Å²) in [5.74, 6) is 0. The molecule has 98 valence electrons. The van der Waals surface area contributed by atoms with Gasteiger partial charge in [-0.25, -0.2) is 0 Å². The lowest BCUT2D eigenvalue weighted by atomic mass is 10.2. The summed E-state index contributed by atoms with van der Waals surface area (Å²) in [6, 6.07) is 6.20. The topological polar surface area (TPSA) is 32.5 Å². The van der Waals surface area contributed by atoms with Crippen LogP contribution in [0.3, 0.4) is 0 Å². The van der Waals surface area contributed by atoms with Crippen molar-refractivity contribution in [2.75, 3.05) is 37.6 Å². The monoisotopic (exact) mass is 327 g/mol. The lowest BCUT2D eigenvalue weighted by Gasteiger charge is -2.35. The minimum Gasteiger partial charge on any atom is -0.389 e. The molecule has 0 aromatic heterocycles. The first-order valence-electron chi connectivity index (χ1n) is 6.18. The number of hydrogen-bond donors (Lipinski definition) is 1. The molecule has 18 heavy (non-hydrogen) atoms. The van der Waals surface area contributed by atoms with Gasteiger partial charge < -0.3 is 15.5 Å². The van der Waals surface area contributed by atoms with Crippen molar-refractivity contribution >= 4 is 38.8 Å². The summed E-state index contributed by atoms with van der Waals surface area (Å²) in [5, 5.41) is 0. The highest BCUT2D eigenvalue weighted by Crippen LogP contribution is 2.25. The minimum absolute atomic E-state index is 0.434. The Labute approximate surface area is 122 Å². The van der Waals surface area contributed by atoms with E-state index in [4.69, 9.17) is 18.0 Å². The highest BCUT2D eigenvalue weighted by molar-refractivity contribution is 9.10. The first-order chi connectivity index (χ1) is 8.61. The normalized spacial score (nSPS) is 16.9. The summed E-state index contributed by atoms with van der Waals surface area (Å²) in [5.41, 5.74) is 7.80. The zero-order valence-electron chi connectivity index (χ0n) is 10.5. The molecular weight excluding hydrogens is 310 g/mol. The van der Waals surface area contributed by atoms with Crippen molar-refractivity contribution in [2.45, 2.75) is 6.92 Å². The molecule has 1 aromatic rings. The second kappa shape index (κ2) is 5.99. The third-order valence-corrected chi connectivity index (χ3v) is 4.28. The summed E-state index contributed by atoms with van der Waals surface area (Å²) in [6.07, 6.45) is 0. The number of anilines is 1. The first kappa shape index (κ1) is 13.8. The average Bonchev–Trinajstić information content (AvgIpc) is 2.38. The van der Waals surface area contributed by atoms with Crippen LogP contribution >= 0.6 is 28.1 Å². The van der Waals surface area contributed by atoms with E-state index in [9.17, 15) is 0 Å². The molecule has 2 N–H and O–H groups in total. The maximum absolute atomic E-state index is 5.66. The Morgan fingerprint density at radius 1 is 1.33 bits per heavy atom. The fraction of sp³-hybridized carbons (Fsp3) is 0.462. The van der Waals surface area contributed by atoms with E-state index in [-0.39, 0.29) is 0 Å². The Morgan fingerprint density at radius 2 is 2.00 bits per heavy atom. The molecule has 0 bridgehead atoms. The molecule has 1 fully saturated rings. The van der Waals surface area contributed by atoms with Crippen LogP contribution in [0.4, 0.5) is 5.69 Å². The van der Waals surface area contributed by atoms with Gasteiger partial charge >= 0.3 is 0 Å². The Kier molecular flexibility index (Phi) is 4.59. The number of piperazine rings is 1. The zero-order valence-corrected chi connectivity index (χ0v) is 12.9. The van der Waals surface area contributed by atoms with E-state index in [1.807, 2.05) is 6.07 Å². The standard InChI is InChI=1S/C13H18BrN3S/c1-2-16-5-7-17(8-6-16)10-3-4-11(13(15)18)12(14)9-10/h3-4,9H,2,5-8H2,1H3,(H2,15,18). The lowest BCUT2D eigenvalue weighted by Crippen LogP contribution is -2.46. The van der Waals surface area contributed by atoms with E-state index < -0.39 is 0 Å². The molecule has 0 amide bonds. The maximum Gasteiger partial charge on any atom is 0.105 e. The summed E-state index contributed by atoms with van der Waals surface area (Å²) in [6.45, 7) is 7.76. The van der Waals surface area contributed by atoms with Crippen molar-refractivity contribution in [2.24, 2.45) is 5.73 Å². The molecule has 2 rings (SSSR count). The van der Waals surface area contributed by atoms with E-state index in [2.05, 4.69) is 44.8 Å². The quantitative estimate of drug-likeness (QED) is 0.863. The summed E-state index contributed by atoms with van der Waals surface area (Å²) in [4.78, 5) is 5.30. The Hall–Kier alpha value is -0.650. The van der Waals surface area contributed by atoms with E-state index in [1.165, 1.54) is 5.69 Å². The molecule has 5 heteroatoms. The highest BCUT2D eigenvalue weighted by atomic mass is 79.9. The fourth-order valence-electron chi connectivity index (χ4n) is 2.22. The highest BCUT2D eigenvalue weighted by Gasteiger charge is 2.16. The van der Waals surface area contributed by atoms with Crippen LogP contribution in [-0.4, -0.2) is 42.6 Å². The van der Waals surface area contributed by atoms with Gasteiger partial charge in [0.2, 0.25) is 0 Å². The number of nitrogens with two attached hydrogens (primary N) is 1. The number of nitrogens with zero attached hydrogens (tertiary/aromatic N) is 2. The van der Waals surface area contributed by atoms with Crippen LogP contribution in [-0.2, 0) is 0 Å². The SMILES string of the molecule is CCN1CCN(c2ccc(C(N)=S)c(Br)c2)CC1. The zero-order chi connectivity index (χ0) is 13.1. The number of benzene rings is 1. The predicted octanol–water partition coefficient (Wildman–Crippen LogP) is 2.23. The van der Waals surface area contributed by atoms with Crippen LogP contribution in [0, 0.1) is 0 Å². The molecule has 1 saturated heterocycles. The molecule has 0 aliphatic carbocycles.